The normalized spacial score (nSPS) is 16.5. The molecule has 0 radical (unpaired) electrons. The van der Waals surface area contributed by atoms with E-state index in [0.29, 0.717) is 6.04 Å². The van der Waals surface area contributed by atoms with E-state index >= 15 is 0 Å². The number of nitrogens with one attached hydrogen (secondary N) is 3. The Kier molecular flexibility index (Phi) is 3.93. The molecular weight excluding hydrogens is 216 g/mol. The molecule has 5 nitrogen and oxygen atoms in total. The van der Waals surface area contributed by atoms with Gasteiger partial charge in [-0.15, -0.1) is 0 Å². The van der Waals surface area contributed by atoms with E-state index in [1.54, 1.807) is 6.20 Å². The third kappa shape index (κ3) is 2.94. The topological polar surface area (TPSA) is 70.0 Å². The van der Waals surface area contributed by atoms with Crippen LogP contribution >= 0.6 is 0 Å². The van der Waals surface area contributed by atoms with Crippen molar-refractivity contribution >= 4 is 17.7 Å². The van der Waals surface area contributed by atoms with Crippen molar-refractivity contribution in [1.82, 2.24) is 4.98 Å². The Balaban J connectivity index is 2.11. The fourth-order valence-corrected chi connectivity index (χ4v) is 1.91. The maximum absolute atomic E-state index is 7.43. The summed E-state index contributed by atoms with van der Waals surface area (Å²) in [5, 5.41) is 13.8. The highest BCUT2D eigenvalue weighted by Gasteiger charge is 2.14. The molecule has 17 heavy (non-hydrogen) atoms. The minimum absolute atomic E-state index is 0.421. The quantitative estimate of drug-likeness (QED) is 0.694. The van der Waals surface area contributed by atoms with Crippen LogP contribution in [-0.4, -0.2) is 37.5 Å². The largest absolute Gasteiger partial charge is 0.381 e. The van der Waals surface area contributed by atoms with Gasteiger partial charge in [0.2, 0.25) is 0 Å². The van der Waals surface area contributed by atoms with E-state index in [2.05, 4.69) is 15.6 Å². The molecule has 1 aromatic rings. The Morgan fingerprint density at radius 3 is 2.88 bits per heavy atom. The van der Waals surface area contributed by atoms with Crippen LogP contribution in [0.1, 0.15) is 18.4 Å². The molecule has 3 N–H and O–H groups in total. The zero-order chi connectivity index (χ0) is 12.1. The molecule has 0 bridgehead atoms. The van der Waals surface area contributed by atoms with Crippen LogP contribution in [0.4, 0.5) is 11.5 Å². The van der Waals surface area contributed by atoms with Gasteiger partial charge in [-0.3, -0.25) is 0 Å². The molecule has 0 atom stereocenters. The number of anilines is 2. The van der Waals surface area contributed by atoms with Gasteiger partial charge in [0.1, 0.15) is 5.82 Å². The molecule has 1 aromatic heterocycles. The van der Waals surface area contributed by atoms with Gasteiger partial charge in [-0.05, 0) is 18.9 Å². The third-order valence-corrected chi connectivity index (χ3v) is 2.93. The molecule has 1 aliphatic heterocycles. The minimum Gasteiger partial charge on any atom is -0.381 e. The van der Waals surface area contributed by atoms with Gasteiger partial charge in [0.05, 0.1) is 11.9 Å². The van der Waals surface area contributed by atoms with Crippen molar-refractivity contribution < 1.29 is 4.74 Å². The number of aromatic nitrogens is 1. The maximum Gasteiger partial charge on any atom is 0.126 e. The first-order chi connectivity index (χ1) is 8.33. The van der Waals surface area contributed by atoms with Crippen molar-refractivity contribution in [2.75, 3.05) is 30.9 Å². The number of rotatable bonds is 4. The van der Waals surface area contributed by atoms with Crippen molar-refractivity contribution in [3.8, 4) is 0 Å². The second-order valence-electron chi connectivity index (χ2n) is 4.08. The summed E-state index contributed by atoms with van der Waals surface area (Å²) in [5.74, 6) is 0.779. The second kappa shape index (κ2) is 5.63. The van der Waals surface area contributed by atoms with Gasteiger partial charge in [-0.1, -0.05) is 0 Å². The van der Waals surface area contributed by atoms with E-state index in [0.717, 1.165) is 43.1 Å². The minimum atomic E-state index is 0.421. The summed E-state index contributed by atoms with van der Waals surface area (Å²) in [6.07, 6.45) is 5.14. The van der Waals surface area contributed by atoms with Crippen LogP contribution in [0.2, 0.25) is 0 Å². The maximum atomic E-state index is 7.43. The number of pyridine rings is 1. The summed E-state index contributed by atoms with van der Waals surface area (Å²) in [6, 6.07) is 2.29. The highest BCUT2D eigenvalue weighted by Crippen LogP contribution is 2.19. The van der Waals surface area contributed by atoms with E-state index in [1.807, 2.05) is 13.1 Å². The summed E-state index contributed by atoms with van der Waals surface area (Å²) in [4.78, 5) is 4.26. The van der Waals surface area contributed by atoms with Crippen LogP contribution in [-0.2, 0) is 4.74 Å². The van der Waals surface area contributed by atoms with Crippen molar-refractivity contribution in [3.63, 3.8) is 0 Å². The highest BCUT2D eigenvalue weighted by atomic mass is 16.5. The smallest absolute Gasteiger partial charge is 0.126 e. The van der Waals surface area contributed by atoms with Gasteiger partial charge in [0.15, 0.2) is 0 Å². The number of ether oxygens (including phenoxy) is 1. The molecule has 2 rings (SSSR count). The van der Waals surface area contributed by atoms with Crippen LogP contribution in [0.25, 0.3) is 0 Å². The van der Waals surface area contributed by atoms with Crippen molar-refractivity contribution in [1.29, 1.82) is 5.41 Å². The monoisotopic (exact) mass is 234 g/mol. The van der Waals surface area contributed by atoms with Crippen LogP contribution in [0, 0.1) is 5.41 Å². The molecule has 1 saturated heterocycles. The van der Waals surface area contributed by atoms with E-state index < -0.39 is 0 Å². The molecule has 5 heteroatoms. The average molecular weight is 234 g/mol. The molecule has 1 fully saturated rings. The van der Waals surface area contributed by atoms with E-state index in [4.69, 9.17) is 10.1 Å². The van der Waals surface area contributed by atoms with E-state index in [1.165, 1.54) is 6.21 Å². The summed E-state index contributed by atoms with van der Waals surface area (Å²) >= 11 is 0. The van der Waals surface area contributed by atoms with Gasteiger partial charge in [0.25, 0.3) is 0 Å². The molecule has 0 unspecified atom stereocenters. The first-order valence-electron chi connectivity index (χ1n) is 5.86. The van der Waals surface area contributed by atoms with Crippen LogP contribution in [0.15, 0.2) is 12.3 Å². The Hall–Kier alpha value is -1.62. The van der Waals surface area contributed by atoms with Gasteiger partial charge >= 0.3 is 0 Å². The zero-order valence-electron chi connectivity index (χ0n) is 9.99. The highest BCUT2D eigenvalue weighted by molar-refractivity contribution is 5.86. The molecule has 0 saturated carbocycles. The zero-order valence-corrected chi connectivity index (χ0v) is 9.99. The van der Waals surface area contributed by atoms with Gasteiger partial charge in [-0.2, -0.15) is 0 Å². The Morgan fingerprint density at radius 1 is 1.47 bits per heavy atom. The van der Waals surface area contributed by atoms with Gasteiger partial charge < -0.3 is 20.8 Å². The standard InChI is InChI=1S/C12H18N4O/c1-14-12-6-9(7-13)11(8-15-12)16-10-2-4-17-5-3-10/h6-8,10,13,16H,2-5H2,1H3,(H,14,15). The first-order valence-corrected chi connectivity index (χ1v) is 5.86. The van der Waals surface area contributed by atoms with Crippen LogP contribution in [0.5, 0.6) is 0 Å². The lowest BCUT2D eigenvalue weighted by Gasteiger charge is -2.24. The molecule has 0 amide bonds. The van der Waals surface area contributed by atoms with E-state index in [-0.39, 0.29) is 0 Å². The lowest BCUT2D eigenvalue weighted by molar-refractivity contribution is 0.0904. The molecular formula is C12H18N4O. The number of hydrogen-bond acceptors (Lipinski definition) is 5. The van der Waals surface area contributed by atoms with Crippen molar-refractivity contribution in [3.05, 3.63) is 17.8 Å². The fraction of sp³-hybridized carbons (Fsp3) is 0.500. The predicted molar refractivity (Wildman–Crippen MR) is 69.1 cm³/mol. The lowest BCUT2D eigenvalue weighted by atomic mass is 10.1. The lowest BCUT2D eigenvalue weighted by Crippen LogP contribution is -2.28. The second-order valence-corrected chi connectivity index (χ2v) is 4.08. The molecule has 0 aromatic carbocycles. The average Bonchev–Trinajstić information content (AvgIpc) is 2.40. The summed E-state index contributed by atoms with van der Waals surface area (Å²) in [6.45, 7) is 1.61. The predicted octanol–water partition coefficient (Wildman–Crippen LogP) is 1.71. The first kappa shape index (κ1) is 11.9. The third-order valence-electron chi connectivity index (χ3n) is 2.93. The summed E-state index contributed by atoms with van der Waals surface area (Å²) in [7, 11) is 1.82. The SMILES string of the molecule is CNc1cc(C=N)c(NC2CCOCC2)cn1. The molecule has 0 aliphatic carbocycles. The number of hydrogen-bond donors (Lipinski definition) is 3. The Bertz CT molecular complexity index is 388. The Labute approximate surface area is 101 Å². The summed E-state index contributed by atoms with van der Waals surface area (Å²) < 4.78 is 5.32. The van der Waals surface area contributed by atoms with Crippen molar-refractivity contribution in [2.24, 2.45) is 0 Å². The van der Waals surface area contributed by atoms with Crippen LogP contribution < -0.4 is 10.6 Å². The Morgan fingerprint density at radius 2 is 2.24 bits per heavy atom. The van der Waals surface area contributed by atoms with Gasteiger partial charge in [0, 0.05) is 38.1 Å². The fourth-order valence-electron chi connectivity index (χ4n) is 1.91. The molecule has 2 heterocycles. The molecule has 1 aliphatic rings. The summed E-state index contributed by atoms with van der Waals surface area (Å²) in [5.41, 5.74) is 1.78. The molecule has 0 spiro atoms. The number of nitrogens with zero attached hydrogens (tertiary/aromatic N) is 1. The van der Waals surface area contributed by atoms with Crippen LogP contribution in [0.3, 0.4) is 0 Å². The van der Waals surface area contributed by atoms with Gasteiger partial charge in [-0.25, -0.2) is 4.98 Å². The van der Waals surface area contributed by atoms with E-state index in [9.17, 15) is 0 Å². The molecule has 92 valence electrons. The van der Waals surface area contributed by atoms with Crippen molar-refractivity contribution in [2.45, 2.75) is 18.9 Å².